The molecule has 0 radical (unpaired) electrons. The minimum absolute atomic E-state index is 0.0869. The van der Waals surface area contributed by atoms with Crippen LogP contribution in [-0.2, 0) is 4.79 Å². The number of guanidine groups is 1. The van der Waals surface area contributed by atoms with E-state index in [-0.39, 0.29) is 5.91 Å². The number of rotatable bonds is 2. The van der Waals surface area contributed by atoms with Gasteiger partial charge in [0, 0.05) is 24.0 Å². The highest BCUT2D eigenvalue weighted by Gasteiger charge is 2.31. The van der Waals surface area contributed by atoms with Crippen LogP contribution in [0, 0.1) is 0 Å². The number of aromatic nitrogens is 1. The Labute approximate surface area is 93.0 Å². The van der Waals surface area contributed by atoms with E-state index in [1.807, 2.05) is 12.1 Å². The minimum atomic E-state index is -0.449. The minimum Gasteiger partial charge on any atom is -0.353 e. The molecule has 1 amide bonds. The van der Waals surface area contributed by atoms with Gasteiger partial charge >= 0.3 is 0 Å². The fraction of sp³-hybridized carbons (Fsp3) is 0.364. The maximum absolute atomic E-state index is 11.7. The third-order valence-electron chi connectivity index (χ3n) is 2.67. The molecule has 2 aliphatic rings. The summed E-state index contributed by atoms with van der Waals surface area (Å²) in [6.45, 7) is 0. The molecule has 1 fully saturated rings. The van der Waals surface area contributed by atoms with E-state index in [9.17, 15) is 4.79 Å². The third kappa shape index (κ3) is 1.76. The van der Waals surface area contributed by atoms with E-state index in [0.29, 0.717) is 12.0 Å². The smallest absolute Gasteiger partial charge is 0.256 e. The van der Waals surface area contributed by atoms with Crippen molar-refractivity contribution in [3.63, 3.8) is 0 Å². The summed E-state index contributed by atoms with van der Waals surface area (Å²) in [7, 11) is 0. The lowest BCUT2D eigenvalue weighted by Gasteiger charge is -2.02. The molecule has 82 valence electrons. The first-order valence-electron chi connectivity index (χ1n) is 5.38. The van der Waals surface area contributed by atoms with Crippen molar-refractivity contribution in [3.8, 4) is 0 Å². The summed E-state index contributed by atoms with van der Waals surface area (Å²) < 4.78 is 0. The van der Waals surface area contributed by atoms with Crippen LogP contribution >= 0.6 is 0 Å². The maximum atomic E-state index is 11.7. The molecule has 1 aliphatic carbocycles. The van der Waals surface area contributed by atoms with Crippen molar-refractivity contribution in [2.24, 2.45) is 4.99 Å². The number of nitrogens with zero attached hydrogens (tertiary/aromatic N) is 2. The molecule has 5 heteroatoms. The summed E-state index contributed by atoms with van der Waals surface area (Å²) in [5, 5.41) is 5.93. The van der Waals surface area contributed by atoms with Crippen LogP contribution in [0.15, 0.2) is 29.5 Å². The Kier molecular flexibility index (Phi) is 2.09. The predicted molar refractivity (Wildman–Crippen MR) is 58.7 cm³/mol. The van der Waals surface area contributed by atoms with Crippen molar-refractivity contribution >= 4 is 11.9 Å². The van der Waals surface area contributed by atoms with Crippen LogP contribution in [0.4, 0.5) is 0 Å². The van der Waals surface area contributed by atoms with Crippen molar-refractivity contribution in [1.82, 2.24) is 15.6 Å². The van der Waals surface area contributed by atoms with Crippen LogP contribution < -0.4 is 10.6 Å². The number of pyridine rings is 1. The number of carbonyl (C=O) groups excluding carboxylic acids is 1. The second-order valence-corrected chi connectivity index (χ2v) is 4.07. The van der Waals surface area contributed by atoms with Crippen molar-refractivity contribution in [1.29, 1.82) is 0 Å². The maximum Gasteiger partial charge on any atom is 0.256 e. The van der Waals surface area contributed by atoms with Crippen LogP contribution in [-0.4, -0.2) is 22.9 Å². The van der Waals surface area contributed by atoms with E-state index >= 15 is 0 Å². The molecule has 0 saturated heterocycles. The van der Waals surface area contributed by atoms with Crippen LogP contribution in [0.3, 0.4) is 0 Å². The number of nitrogens with one attached hydrogen (secondary N) is 2. The molecule has 5 nitrogen and oxygen atoms in total. The van der Waals surface area contributed by atoms with Crippen molar-refractivity contribution in [2.45, 2.75) is 24.9 Å². The quantitative estimate of drug-likeness (QED) is 0.750. The highest BCUT2D eigenvalue weighted by atomic mass is 16.2. The Bertz CT molecular complexity index is 439. The topological polar surface area (TPSA) is 66.4 Å². The normalized spacial score (nSPS) is 23.9. The molecule has 16 heavy (non-hydrogen) atoms. The molecular weight excluding hydrogens is 204 g/mol. The lowest BCUT2D eigenvalue weighted by Crippen LogP contribution is -2.37. The van der Waals surface area contributed by atoms with Gasteiger partial charge in [0.1, 0.15) is 0 Å². The summed E-state index contributed by atoms with van der Waals surface area (Å²) >= 11 is 0. The molecule has 2 N–H and O–H groups in total. The molecule has 1 unspecified atom stereocenters. The van der Waals surface area contributed by atoms with E-state index in [1.165, 1.54) is 0 Å². The van der Waals surface area contributed by atoms with Gasteiger partial charge in [-0.2, -0.15) is 0 Å². The van der Waals surface area contributed by atoms with Gasteiger partial charge in [-0.15, -0.1) is 0 Å². The summed E-state index contributed by atoms with van der Waals surface area (Å²) in [6.07, 6.45) is 5.68. The predicted octanol–water partition coefficient (Wildman–Crippen LogP) is 0.360. The van der Waals surface area contributed by atoms with Gasteiger partial charge < -0.3 is 5.32 Å². The summed E-state index contributed by atoms with van der Waals surface area (Å²) in [6, 6.07) is 3.72. The molecule has 0 bridgehead atoms. The molecule has 1 aliphatic heterocycles. The Balaban J connectivity index is 1.79. The second-order valence-electron chi connectivity index (χ2n) is 4.07. The van der Waals surface area contributed by atoms with Gasteiger partial charge in [-0.25, -0.2) is 4.99 Å². The van der Waals surface area contributed by atoms with Gasteiger partial charge in [-0.3, -0.25) is 15.1 Å². The highest BCUT2D eigenvalue weighted by Crippen LogP contribution is 2.22. The first-order chi connectivity index (χ1) is 7.83. The molecule has 0 spiro atoms. The Morgan fingerprint density at radius 2 is 2.31 bits per heavy atom. The van der Waals surface area contributed by atoms with Gasteiger partial charge in [-0.1, -0.05) is 6.07 Å². The molecule has 3 rings (SSSR count). The first kappa shape index (κ1) is 9.33. The van der Waals surface area contributed by atoms with Crippen LogP contribution in [0.5, 0.6) is 0 Å². The van der Waals surface area contributed by atoms with Crippen LogP contribution in [0.2, 0.25) is 0 Å². The Morgan fingerprint density at radius 1 is 1.44 bits per heavy atom. The average Bonchev–Trinajstić information content (AvgIpc) is 3.03. The molecule has 0 aromatic carbocycles. The van der Waals surface area contributed by atoms with Crippen molar-refractivity contribution < 1.29 is 4.79 Å². The largest absolute Gasteiger partial charge is 0.353 e. The number of carbonyl (C=O) groups is 1. The van der Waals surface area contributed by atoms with E-state index in [1.54, 1.807) is 12.4 Å². The SMILES string of the molecule is O=C1NC(NC2CC2)=NC1c1cccnc1. The fourth-order valence-electron chi connectivity index (χ4n) is 1.66. The molecule has 2 heterocycles. The van der Waals surface area contributed by atoms with Gasteiger partial charge in [-0.05, 0) is 18.9 Å². The number of aliphatic imine (C=N–C) groups is 1. The zero-order valence-corrected chi connectivity index (χ0v) is 8.68. The second kappa shape index (κ2) is 3.59. The Hall–Kier alpha value is -1.91. The summed E-state index contributed by atoms with van der Waals surface area (Å²) in [5.74, 6) is 0.512. The fourth-order valence-corrected chi connectivity index (χ4v) is 1.66. The van der Waals surface area contributed by atoms with E-state index in [2.05, 4.69) is 20.6 Å². The van der Waals surface area contributed by atoms with E-state index in [4.69, 9.17) is 0 Å². The standard InChI is InChI=1S/C11H12N4O/c16-10-9(7-2-1-5-12-6-7)14-11(15-10)13-8-3-4-8/h1-2,5-6,8-9H,3-4H2,(H2,13,14,15,16). The van der Waals surface area contributed by atoms with Gasteiger partial charge in [0.05, 0.1) is 0 Å². The Morgan fingerprint density at radius 3 is 3.00 bits per heavy atom. The average molecular weight is 216 g/mol. The van der Waals surface area contributed by atoms with Crippen LogP contribution in [0.25, 0.3) is 0 Å². The molecule has 1 aromatic rings. The van der Waals surface area contributed by atoms with Gasteiger partial charge in [0.2, 0.25) is 0 Å². The summed E-state index contributed by atoms with van der Waals surface area (Å²) in [5.41, 5.74) is 0.826. The van der Waals surface area contributed by atoms with Crippen LogP contribution in [0.1, 0.15) is 24.4 Å². The molecular formula is C11H12N4O. The zero-order valence-electron chi connectivity index (χ0n) is 8.68. The van der Waals surface area contributed by atoms with E-state index in [0.717, 1.165) is 18.4 Å². The lowest BCUT2D eigenvalue weighted by molar-refractivity contribution is -0.120. The lowest BCUT2D eigenvalue weighted by atomic mass is 10.1. The van der Waals surface area contributed by atoms with Gasteiger partial charge in [0.15, 0.2) is 12.0 Å². The highest BCUT2D eigenvalue weighted by molar-refractivity contribution is 6.05. The third-order valence-corrected chi connectivity index (χ3v) is 2.67. The first-order valence-corrected chi connectivity index (χ1v) is 5.38. The molecule has 1 atom stereocenters. The summed E-state index contributed by atoms with van der Waals surface area (Å²) in [4.78, 5) is 20.0. The molecule has 1 saturated carbocycles. The number of hydrogen-bond donors (Lipinski definition) is 2. The zero-order chi connectivity index (χ0) is 11.0. The van der Waals surface area contributed by atoms with Crippen molar-refractivity contribution in [3.05, 3.63) is 30.1 Å². The van der Waals surface area contributed by atoms with E-state index < -0.39 is 6.04 Å². The monoisotopic (exact) mass is 216 g/mol. The number of hydrogen-bond acceptors (Lipinski definition) is 4. The molecule has 1 aromatic heterocycles. The number of amides is 1. The van der Waals surface area contributed by atoms with Crippen molar-refractivity contribution in [2.75, 3.05) is 0 Å². The van der Waals surface area contributed by atoms with Gasteiger partial charge in [0.25, 0.3) is 5.91 Å².